The third-order valence-electron chi connectivity index (χ3n) is 5.90. The summed E-state index contributed by atoms with van der Waals surface area (Å²) in [6, 6.07) is 8.46. The van der Waals surface area contributed by atoms with Gasteiger partial charge in [-0.3, -0.25) is 9.13 Å². The first-order valence-electron chi connectivity index (χ1n) is 11.2. The van der Waals surface area contributed by atoms with E-state index in [4.69, 9.17) is 9.47 Å². The molecule has 9 nitrogen and oxygen atoms in total. The molecule has 0 spiro atoms. The average Bonchev–Trinajstić information content (AvgIpc) is 3.08. The Bertz CT molecular complexity index is 1610. The van der Waals surface area contributed by atoms with Crippen molar-refractivity contribution in [2.45, 2.75) is 19.9 Å². The van der Waals surface area contributed by atoms with E-state index in [1.165, 1.54) is 28.4 Å². The molecule has 0 unspecified atom stereocenters. The maximum Gasteiger partial charge on any atom is 0.330 e. The van der Waals surface area contributed by atoms with Gasteiger partial charge in [-0.2, -0.15) is 0 Å². The summed E-state index contributed by atoms with van der Waals surface area (Å²) in [6.07, 6.45) is 2.64. The van der Waals surface area contributed by atoms with Crippen LogP contribution in [0.5, 0.6) is 11.6 Å². The number of aromatic nitrogens is 4. The van der Waals surface area contributed by atoms with E-state index in [1.54, 1.807) is 44.4 Å². The van der Waals surface area contributed by atoms with Crippen LogP contribution in [0.2, 0.25) is 0 Å². The van der Waals surface area contributed by atoms with Crippen LogP contribution in [0.3, 0.4) is 0 Å². The van der Waals surface area contributed by atoms with Gasteiger partial charge in [0.15, 0.2) is 11.4 Å². The minimum absolute atomic E-state index is 0.195. The number of aryl methyl sites for hydroxylation is 2. The van der Waals surface area contributed by atoms with Crippen LogP contribution in [0.25, 0.3) is 22.3 Å². The molecule has 0 aliphatic rings. The van der Waals surface area contributed by atoms with E-state index in [1.807, 2.05) is 6.92 Å². The summed E-state index contributed by atoms with van der Waals surface area (Å²) in [5.74, 6) is -0.187. The van der Waals surface area contributed by atoms with Gasteiger partial charge in [-0.25, -0.2) is 27.6 Å². The topological polar surface area (TPSA) is 105 Å². The Morgan fingerprint density at radius 3 is 2.58 bits per heavy atom. The molecule has 0 aliphatic carbocycles. The van der Waals surface area contributed by atoms with Crippen molar-refractivity contribution >= 4 is 21.0 Å². The molecule has 3 heterocycles. The van der Waals surface area contributed by atoms with Gasteiger partial charge in [-0.1, -0.05) is 6.07 Å². The van der Waals surface area contributed by atoms with Gasteiger partial charge < -0.3 is 9.47 Å². The summed E-state index contributed by atoms with van der Waals surface area (Å²) in [4.78, 5) is 22.4. The lowest BCUT2D eigenvalue weighted by atomic mass is 10.0. The van der Waals surface area contributed by atoms with Crippen molar-refractivity contribution in [3.63, 3.8) is 0 Å². The molecule has 0 N–H and O–H groups in total. The fraction of sp³-hybridized carbons (Fsp3) is 0.320. The largest absolute Gasteiger partial charge is 0.491 e. The van der Waals surface area contributed by atoms with Gasteiger partial charge >= 0.3 is 5.69 Å². The SMILES string of the molecule is CCOc1nc([C@@H](CS(C)(=O)=O)n2c(=O)n(C)c3cc(-c4cc(F)ccc4C)cnc32)ccc1OC. The molecule has 0 amide bonds. The number of ether oxygens (including phenoxy) is 2. The fourth-order valence-corrected chi connectivity index (χ4v) is 5.06. The van der Waals surface area contributed by atoms with Gasteiger partial charge in [-0.05, 0) is 55.3 Å². The van der Waals surface area contributed by atoms with E-state index in [9.17, 15) is 17.6 Å². The highest BCUT2D eigenvalue weighted by atomic mass is 32.2. The Morgan fingerprint density at radius 2 is 1.92 bits per heavy atom. The molecule has 11 heteroatoms. The zero-order chi connectivity index (χ0) is 26.2. The van der Waals surface area contributed by atoms with Gasteiger partial charge in [-0.15, -0.1) is 0 Å². The summed E-state index contributed by atoms with van der Waals surface area (Å²) in [5.41, 5.74) is 2.73. The number of methoxy groups -OCH3 is 1. The summed E-state index contributed by atoms with van der Waals surface area (Å²) in [5, 5.41) is 0. The molecule has 190 valence electrons. The molecule has 1 atom stereocenters. The third-order valence-corrected chi connectivity index (χ3v) is 6.82. The predicted octanol–water partition coefficient (Wildman–Crippen LogP) is 3.29. The van der Waals surface area contributed by atoms with Gasteiger partial charge in [0.25, 0.3) is 5.88 Å². The number of sulfone groups is 1. The highest BCUT2D eigenvalue weighted by Gasteiger charge is 2.28. The highest BCUT2D eigenvalue weighted by Crippen LogP contribution is 2.31. The van der Waals surface area contributed by atoms with Crippen LogP contribution in [0.4, 0.5) is 4.39 Å². The molecule has 4 aromatic rings. The molecule has 0 aliphatic heterocycles. The summed E-state index contributed by atoms with van der Waals surface area (Å²) < 4.78 is 52.3. The first kappa shape index (κ1) is 25.4. The second-order valence-corrected chi connectivity index (χ2v) is 10.7. The fourth-order valence-electron chi connectivity index (χ4n) is 4.17. The first-order chi connectivity index (χ1) is 17.0. The maximum absolute atomic E-state index is 13.9. The molecule has 0 radical (unpaired) electrons. The van der Waals surface area contributed by atoms with Crippen molar-refractivity contribution in [1.29, 1.82) is 0 Å². The quantitative estimate of drug-likeness (QED) is 0.355. The van der Waals surface area contributed by atoms with Gasteiger partial charge in [0.2, 0.25) is 0 Å². The zero-order valence-corrected chi connectivity index (χ0v) is 21.5. The number of hydrogen-bond donors (Lipinski definition) is 0. The Hall–Kier alpha value is -3.73. The Morgan fingerprint density at radius 1 is 1.17 bits per heavy atom. The standard InChI is InChI=1S/C25H27FN4O5S/c1-6-35-24-22(34-4)10-9-19(28-24)21(14-36(5,32)33)30-23-20(29(3)25(30)31)11-16(13-27-23)18-12-17(26)8-7-15(18)2/h7-13,21H,6,14H2,1-5H3/t21-/m1/s1. The number of benzene rings is 1. The Labute approximate surface area is 208 Å². The van der Waals surface area contributed by atoms with Crippen molar-refractivity contribution in [2.24, 2.45) is 7.05 Å². The van der Waals surface area contributed by atoms with Crippen molar-refractivity contribution in [3.05, 3.63) is 70.2 Å². The van der Waals surface area contributed by atoms with E-state index in [0.29, 0.717) is 34.7 Å². The number of halogens is 1. The lowest BCUT2D eigenvalue weighted by molar-refractivity contribution is 0.296. The molecular formula is C25H27FN4O5S. The van der Waals surface area contributed by atoms with Crippen molar-refractivity contribution in [2.75, 3.05) is 25.7 Å². The second-order valence-electron chi connectivity index (χ2n) is 8.52. The molecule has 0 saturated carbocycles. The molecule has 0 saturated heterocycles. The summed E-state index contributed by atoms with van der Waals surface area (Å²) >= 11 is 0. The molecule has 0 fully saturated rings. The smallest absolute Gasteiger partial charge is 0.330 e. The van der Waals surface area contributed by atoms with Crippen LogP contribution in [0, 0.1) is 12.7 Å². The minimum atomic E-state index is -3.55. The van der Waals surface area contributed by atoms with Crippen molar-refractivity contribution in [3.8, 4) is 22.8 Å². The number of fused-ring (bicyclic) bond motifs is 1. The lowest BCUT2D eigenvalue weighted by Gasteiger charge is -2.19. The lowest BCUT2D eigenvalue weighted by Crippen LogP contribution is -2.31. The van der Waals surface area contributed by atoms with Crippen LogP contribution in [0.1, 0.15) is 24.2 Å². The number of nitrogens with zero attached hydrogens (tertiary/aromatic N) is 4. The predicted molar refractivity (Wildman–Crippen MR) is 135 cm³/mol. The third kappa shape index (κ3) is 4.83. The van der Waals surface area contributed by atoms with Crippen LogP contribution < -0.4 is 15.2 Å². The monoisotopic (exact) mass is 514 g/mol. The van der Waals surface area contributed by atoms with Gasteiger partial charge in [0.1, 0.15) is 15.7 Å². The summed E-state index contributed by atoms with van der Waals surface area (Å²) in [7, 11) is -0.493. The van der Waals surface area contributed by atoms with Crippen LogP contribution in [0.15, 0.2) is 47.4 Å². The number of pyridine rings is 2. The van der Waals surface area contributed by atoms with Gasteiger partial charge in [0.05, 0.1) is 36.7 Å². The number of hydrogen-bond acceptors (Lipinski definition) is 7. The van der Waals surface area contributed by atoms with E-state index in [0.717, 1.165) is 11.8 Å². The first-order valence-corrected chi connectivity index (χ1v) is 13.3. The van der Waals surface area contributed by atoms with Crippen LogP contribution >= 0.6 is 0 Å². The number of rotatable bonds is 8. The molecule has 1 aromatic carbocycles. The molecule has 0 bridgehead atoms. The normalized spacial score (nSPS) is 12.6. The number of imidazole rings is 1. The molecule has 3 aromatic heterocycles. The van der Waals surface area contributed by atoms with Crippen LogP contribution in [-0.2, 0) is 16.9 Å². The average molecular weight is 515 g/mol. The molecule has 4 rings (SSSR count). The Balaban J connectivity index is 1.94. The summed E-state index contributed by atoms with van der Waals surface area (Å²) in [6.45, 7) is 3.97. The van der Waals surface area contributed by atoms with E-state index in [-0.39, 0.29) is 23.1 Å². The van der Waals surface area contributed by atoms with Crippen LogP contribution in [-0.4, -0.2) is 53.2 Å². The highest BCUT2D eigenvalue weighted by molar-refractivity contribution is 7.90. The Kier molecular flexibility index (Phi) is 6.85. The van der Waals surface area contributed by atoms with E-state index >= 15 is 0 Å². The van der Waals surface area contributed by atoms with E-state index < -0.39 is 21.6 Å². The van der Waals surface area contributed by atoms with Crippen molar-refractivity contribution < 1.29 is 22.3 Å². The van der Waals surface area contributed by atoms with Crippen molar-refractivity contribution in [1.82, 2.24) is 19.1 Å². The van der Waals surface area contributed by atoms with E-state index in [2.05, 4.69) is 9.97 Å². The molecule has 36 heavy (non-hydrogen) atoms. The second kappa shape index (κ2) is 9.73. The zero-order valence-electron chi connectivity index (χ0n) is 20.6. The maximum atomic E-state index is 13.9. The van der Waals surface area contributed by atoms with Gasteiger partial charge in [0, 0.05) is 25.1 Å². The molecular weight excluding hydrogens is 487 g/mol. The minimum Gasteiger partial charge on any atom is -0.491 e.